The predicted octanol–water partition coefficient (Wildman–Crippen LogP) is 1.22. The first-order chi connectivity index (χ1) is 5.99. The van der Waals surface area contributed by atoms with Gasteiger partial charge in [-0.05, 0) is 28.8 Å². The van der Waals surface area contributed by atoms with Crippen molar-refractivity contribution in [1.29, 1.82) is 0 Å². The highest BCUT2D eigenvalue weighted by atomic mass is 32.2. The summed E-state index contributed by atoms with van der Waals surface area (Å²) in [6, 6.07) is 1.80. The second-order valence-electron chi connectivity index (χ2n) is 2.99. The second kappa shape index (κ2) is 4.21. The Morgan fingerprint density at radius 2 is 2.31 bits per heavy atom. The molecule has 0 saturated carbocycles. The molecule has 0 fully saturated rings. The van der Waals surface area contributed by atoms with Crippen LogP contribution in [0.3, 0.4) is 0 Å². The van der Waals surface area contributed by atoms with Crippen LogP contribution in [0.1, 0.15) is 18.1 Å². The summed E-state index contributed by atoms with van der Waals surface area (Å²) in [6.07, 6.45) is 0.795. The second-order valence-corrected chi connectivity index (χ2v) is 6.03. The normalized spacial score (nSPS) is 14.3. The molecule has 0 aromatic carbocycles. The Balaban J connectivity index is 2.48. The molecule has 74 valence electrons. The Labute approximate surface area is 82.0 Å². The van der Waals surface area contributed by atoms with E-state index >= 15 is 0 Å². The molecule has 0 bridgehead atoms. The van der Waals surface area contributed by atoms with Gasteiger partial charge in [0.25, 0.3) is 0 Å². The highest BCUT2D eigenvalue weighted by Gasteiger charge is 2.11. The van der Waals surface area contributed by atoms with Gasteiger partial charge >= 0.3 is 0 Å². The van der Waals surface area contributed by atoms with Gasteiger partial charge in [-0.3, -0.25) is 0 Å². The smallest absolute Gasteiger partial charge is 0.147 e. The molecular formula is C8H12O3S2. The van der Waals surface area contributed by atoms with Gasteiger partial charge in [-0.1, -0.05) is 0 Å². The molecule has 0 aliphatic heterocycles. The van der Waals surface area contributed by atoms with Crippen molar-refractivity contribution in [2.45, 2.75) is 12.5 Å². The molecule has 1 N–H and O–H groups in total. The number of hydrogen-bond acceptors (Lipinski definition) is 4. The van der Waals surface area contributed by atoms with E-state index in [1.807, 2.05) is 10.8 Å². The average Bonchev–Trinajstić information content (AvgIpc) is 2.50. The number of thiophene rings is 1. The maximum Gasteiger partial charge on any atom is 0.147 e. The molecule has 13 heavy (non-hydrogen) atoms. The first kappa shape index (κ1) is 10.7. The van der Waals surface area contributed by atoms with Crippen molar-refractivity contribution in [2.24, 2.45) is 0 Å². The average molecular weight is 220 g/mol. The largest absolute Gasteiger partial charge is 0.388 e. The van der Waals surface area contributed by atoms with Gasteiger partial charge in [0.1, 0.15) is 9.84 Å². The van der Waals surface area contributed by atoms with Gasteiger partial charge in [0.15, 0.2) is 0 Å². The highest BCUT2D eigenvalue weighted by Crippen LogP contribution is 2.19. The summed E-state index contributed by atoms with van der Waals surface area (Å²) >= 11 is 1.49. The van der Waals surface area contributed by atoms with E-state index in [-0.39, 0.29) is 12.2 Å². The number of aliphatic hydroxyl groups is 1. The van der Waals surface area contributed by atoms with Crippen LogP contribution in [0.15, 0.2) is 16.8 Å². The van der Waals surface area contributed by atoms with E-state index in [0.717, 1.165) is 5.56 Å². The van der Waals surface area contributed by atoms with E-state index in [4.69, 9.17) is 0 Å². The SMILES string of the molecule is CS(=O)(=O)CCC(O)c1ccsc1. The van der Waals surface area contributed by atoms with E-state index in [0.29, 0.717) is 0 Å². The Hall–Kier alpha value is -0.390. The van der Waals surface area contributed by atoms with Crippen molar-refractivity contribution in [1.82, 2.24) is 0 Å². The van der Waals surface area contributed by atoms with Crippen molar-refractivity contribution >= 4 is 21.2 Å². The number of hydrogen-bond donors (Lipinski definition) is 1. The molecule has 1 rings (SSSR count). The summed E-state index contributed by atoms with van der Waals surface area (Å²) in [5, 5.41) is 13.2. The van der Waals surface area contributed by atoms with Crippen molar-refractivity contribution < 1.29 is 13.5 Å². The lowest BCUT2D eigenvalue weighted by molar-refractivity contribution is 0.175. The maximum absolute atomic E-state index is 10.8. The van der Waals surface area contributed by atoms with Gasteiger partial charge in [-0.15, -0.1) is 0 Å². The Kier molecular flexibility index (Phi) is 3.47. The molecule has 0 aliphatic rings. The van der Waals surface area contributed by atoms with Gasteiger partial charge in [-0.2, -0.15) is 11.3 Å². The van der Waals surface area contributed by atoms with Crippen LogP contribution in [0.25, 0.3) is 0 Å². The monoisotopic (exact) mass is 220 g/mol. The zero-order valence-corrected chi connectivity index (χ0v) is 8.94. The minimum Gasteiger partial charge on any atom is -0.388 e. The summed E-state index contributed by atoms with van der Waals surface area (Å²) in [5.74, 6) is 0.0318. The van der Waals surface area contributed by atoms with E-state index in [9.17, 15) is 13.5 Å². The quantitative estimate of drug-likeness (QED) is 0.830. The van der Waals surface area contributed by atoms with Crippen molar-refractivity contribution in [3.05, 3.63) is 22.4 Å². The third-order valence-electron chi connectivity index (χ3n) is 1.69. The van der Waals surface area contributed by atoms with E-state index in [1.54, 1.807) is 6.07 Å². The zero-order valence-electron chi connectivity index (χ0n) is 7.30. The first-order valence-corrected chi connectivity index (χ1v) is 6.87. The third kappa shape index (κ3) is 3.89. The molecule has 1 aromatic rings. The van der Waals surface area contributed by atoms with E-state index < -0.39 is 15.9 Å². The minimum atomic E-state index is -2.97. The topological polar surface area (TPSA) is 54.4 Å². The lowest BCUT2D eigenvalue weighted by atomic mass is 10.1. The molecule has 1 aromatic heterocycles. The van der Waals surface area contributed by atoms with Gasteiger partial charge in [0.2, 0.25) is 0 Å². The fourth-order valence-electron chi connectivity index (χ4n) is 0.957. The van der Waals surface area contributed by atoms with Crippen molar-refractivity contribution in [2.75, 3.05) is 12.0 Å². The molecule has 0 saturated heterocycles. The van der Waals surface area contributed by atoms with E-state index in [1.165, 1.54) is 17.6 Å². The molecular weight excluding hydrogens is 208 g/mol. The summed E-state index contributed by atoms with van der Waals surface area (Å²) in [5.41, 5.74) is 0.800. The summed E-state index contributed by atoms with van der Waals surface area (Å²) in [7, 11) is -2.97. The molecule has 1 unspecified atom stereocenters. The Morgan fingerprint density at radius 1 is 1.62 bits per heavy atom. The molecule has 0 radical (unpaired) electrons. The van der Waals surface area contributed by atoms with Crippen LogP contribution < -0.4 is 0 Å². The van der Waals surface area contributed by atoms with Gasteiger partial charge in [-0.25, -0.2) is 8.42 Å². The lowest BCUT2D eigenvalue weighted by Gasteiger charge is -2.06. The number of sulfone groups is 1. The van der Waals surface area contributed by atoms with Crippen LogP contribution in [0.5, 0.6) is 0 Å². The number of rotatable bonds is 4. The standard InChI is InChI=1S/C8H12O3S2/c1-13(10,11)5-3-8(9)7-2-4-12-6-7/h2,4,6,8-9H,3,5H2,1H3. The van der Waals surface area contributed by atoms with Gasteiger partial charge in [0, 0.05) is 6.26 Å². The molecule has 5 heteroatoms. The van der Waals surface area contributed by atoms with Crippen LogP contribution in [0.2, 0.25) is 0 Å². The predicted molar refractivity (Wildman–Crippen MR) is 53.6 cm³/mol. The molecule has 3 nitrogen and oxygen atoms in total. The summed E-state index contributed by atoms with van der Waals surface area (Å²) in [4.78, 5) is 0. The summed E-state index contributed by atoms with van der Waals surface area (Å²) in [6.45, 7) is 0. The van der Waals surface area contributed by atoms with Crippen molar-refractivity contribution in [3.8, 4) is 0 Å². The maximum atomic E-state index is 10.8. The zero-order chi connectivity index (χ0) is 9.90. The molecule has 1 atom stereocenters. The molecule has 0 aliphatic carbocycles. The first-order valence-electron chi connectivity index (χ1n) is 3.87. The minimum absolute atomic E-state index is 0.0318. The fourth-order valence-corrected chi connectivity index (χ4v) is 2.32. The van der Waals surface area contributed by atoms with E-state index in [2.05, 4.69) is 0 Å². The summed E-state index contributed by atoms with van der Waals surface area (Å²) < 4.78 is 21.6. The van der Waals surface area contributed by atoms with Crippen LogP contribution in [-0.2, 0) is 9.84 Å². The fraction of sp³-hybridized carbons (Fsp3) is 0.500. The third-order valence-corrected chi connectivity index (χ3v) is 3.37. The van der Waals surface area contributed by atoms with Crippen molar-refractivity contribution in [3.63, 3.8) is 0 Å². The lowest BCUT2D eigenvalue weighted by Crippen LogP contribution is -2.07. The molecule has 1 heterocycles. The Morgan fingerprint density at radius 3 is 2.77 bits per heavy atom. The van der Waals surface area contributed by atoms with Crippen LogP contribution in [0, 0.1) is 0 Å². The number of aliphatic hydroxyl groups excluding tert-OH is 1. The molecule has 0 amide bonds. The van der Waals surface area contributed by atoms with Crippen LogP contribution in [-0.4, -0.2) is 25.5 Å². The molecule has 0 spiro atoms. The highest BCUT2D eigenvalue weighted by molar-refractivity contribution is 7.90. The van der Waals surface area contributed by atoms with Gasteiger partial charge in [0.05, 0.1) is 11.9 Å². The Bertz CT molecular complexity index is 339. The van der Waals surface area contributed by atoms with Crippen LogP contribution in [0.4, 0.5) is 0 Å². The van der Waals surface area contributed by atoms with Gasteiger partial charge < -0.3 is 5.11 Å². The van der Waals surface area contributed by atoms with Crippen LogP contribution >= 0.6 is 11.3 Å².